The highest BCUT2D eigenvalue weighted by Crippen LogP contribution is 2.37. The number of anilines is 2. The Bertz CT molecular complexity index is 1890. The summed E-state index contributed by atoms with van der Waals surface area (Å²) in [6, 6.07) is 7.18. The van der Waals surface area contributed by atoms with Gasteiger partial charge in [-0.25, -0.2) is 23.1 Å². The first kappa shape index (κ1) is 31.3. The first-order valence-corrected chi connectivity index (χ1v) is 15.6. The van der Waals surface area contributed by atoms with Crippen molar-refractivity contribution < 1.29 is 13.6 Å². The summed E-state index contributed by atoms with van der Waals surface area (Å²) in [5.41, 5.74) is 1.75. The van der Waals surface area contributed by atoms with E-state index >= 15 is 8.78 Å². The summed E-state index contributed by atoms with van der Waals surface area (Å²) < 4.78 is 33.3. The molecule has 0 spiro atoms. The Labute approximate surface area is 266 Å². The Morgan fingerprint density at radius 1 is 1.07 bits per heavy atom. The molecule has 5 heterocycles. The van der Waals surface area contributed by atoms with Gasteiger partial charge in [0, 0.05) is 50.1 Å². The Morgan fingerprint density at radius 2 is 1.87 bits per heavy atom. The van der Waals surface area contributed by atoms with Crippen LogP contribution < -0.4 is 21.2 Å². The van der Waals surface area contributed by atoms with Gasteiger partial charge < -0.3 is 20.4 Å². The van der Waals surface area contributed by atoms with Gasteiger partial charge in [-0.15, -0.1) is 0 Å². The van der Waals surface area contributed by atoms with Crippen LogP contribution in [0.5, 0.6) is 0 Å². The van der Waals surface area contributed by atoms with Crippen molar-refractivity contribution in [1.82, 2.24) is 29.7 Å². The standard InChI is InChI=1S/C34H38F2N8O2/c1-6-27(45)42-17-21(5)43(18-20(42)4)32-23-16-25(36)30-28-24(35)8-7-9-26(28)38-15-14-37-12-10-22-11-13-39-29(19(2)3)31(22)44(33(23)40-30)34(46)41-32/h6-9,11,13,16,19-21,37-38H,1,10,12,14-15,17-18H2,2-5H3/t20-,21+/m1/s1. The molecule has 1 fully saturated rings. The molecular weight excluding hydrogens is 590 g/mol. The Morgan fingerprint density at radius 3 is 2.63 bits per heavy atom. The number of carbonyl (C=O) groups is 1. The zero-order valence-electron chi connectivity index (χ0n) is 26.5. The van der Waals surface area contributed by atoms with Crippen LogP contribution >= 0.6 is 0 Å². The second-order valence-corrected chi connectivity index (χ2v) is 12.2. The lowest BCUT2D eigenvalue weighted by atomic mass is 10.0. The number of carbonyl (C=O) groups excluding carboxylic acids is 1. The molecule has 6 rings (SSSR count). The van der Waals surface area contributed by atoms with E-state index in [0.29, 0.717) is 61.6 Å². The number of piperazine rings is 1. The molecule has 0 radical (unpaired) electrons. The van der Waals surface area contributed by atoms with E-state index in [9.17, 15) is 9.59 Å². The average Bonchev–Trinajstić information content (AvgIpc) is 3.03. The van der Waals surface area contributed by atoms with E-state index in [1.165, 1.54) is 22.8 Å². The van der Waals surface area contributed by atoms with Gasteiger partial charge in [-0.3, -0.25) is 9.78 Å². The van der Waals surface area contributed by atoms with Crippen LogP contribution in [0.2, 0.25) is 0 Å². The quantitative estimate of drug-likeness (QED) is 0.322. The Balaban J connectivity index is 1.69. The van der Waals surface area contributed by atoms with Crippen molar-refractivity contribution in [3.05, 3.63) is 82.6 Å². The minimum atomic E-state index is -0.754. The number of aromatic nitrogens is 4. The first-order chi connectivity index (χ1) is 22.1. The second-order valence-electron chi connectivity index (χ2n) is 12.2. The molecule has 2 bridgehead atoms. The molecule has 46 heavy (non-hydrogen) atoms. The molecule has 4 aromatic rings. The smallest absolute Gasteiger partial charge is 0.355 e. The number of hydrogen-bond donors (Lipinski definition) is 2. The zero-order chi connectivity index (χ0) is 32.7. The van der Waals surface area contributed by atoms with Gasteiger partial charge in [0.05, 0.1) is 22.3 Å². The molecular formula is C34H38F2N8O2. The van der Waals surface area contributed by atoms with Crippen molar-refractivity contribution in [2.45, 2.75) is 52.1 Å². The van der Waals surface area contributed by atoms with Gasteiger partial charge in [0.1, 0.15) is 17.3 Å². The van der Waals surface area contributed by atoms with E-state index in [2.05, 4.69) is 27.2 Å². The predicted molar refractivity (Wildman–Crippen MR) is 176 cm³/mol. The van der Waals surface area contributed by atoms with Gasteiger partial charge in [-0.05, 0) is 68.6 Å². The number of nitrogens with zero attached hydrogens (tertiary/aromatic N) is 6. The van der Waals surface area contributed by atoms with Crippen LogP contribution in [-0.4, -0.2) is 75.1 Å². The van der Waals surface area contributed by atoms with E-state index in [-0.39, 0.29) is 46.6 Å². The molecule has 3 aromatic heterocycles. The highest BCUT2D eigenvalue weighted by atomic mass is 19.1. The maximum atomic E-state index is 16.3. The lowest BCUT2D eigenvalue weighted by molar-refractivity contribution is -0.128. The van der Waals surface area contributed by atoms with Crippen molar-refractivity contribution in [2.75, 3.05) is 42.9 Å². The second kappa shape index (κ2) is 12.6. The molecule has 2 atom stereocenters. The van der Waals surface area contributed by atoms with Gasteiger partial charge in [0.2, 0.25) is 5.91 Å². The van der Waals surface area contributed by atoms with Crippen LogP contribution in [0.15, 0.2) is 54.0 Å². The van der Waals surface area contributed by atoms with Crippen LogP contribution in [0, 0.1) is 11.6 Å². The first-order valence-electron chi connectivity index (χ1n) is 15.6. The number of rotatable bonds is 3. The molecule has 0 saturated carbocycles. The normalized spacial score (nSPS) is 18.6. The number of halogens is 2. The largest absolute Gasteiger partial charge is 0.383 e. The summed E-state index contributed by atoms with van der Waals surface area (Å²) in [6.45, 7) is 13.8. The molecule has 0 aliphatic carbocycles. The molecule has 0 unspecified atom stereocenters. The maximum absolute atomic E-state index is 16.3. The van der Waals surface area contributed by atoms with E-state index in [0.717, 1.165) is 5.56 Å². The fraction of sp³-hybridized carbons (Fsp3) is 0.382. The summed E-state index contributed by atoms with van der Waals surface area (Å²) in [5, 5.41) is 6.91. The molecule has 2 aliphatic heterocycles. The number of pyridine rings is 2. The highest BCUT2D eigenvalue weighted by Gasteiger charge is 2.34. The fourth-order valence-electron chi connectivity index (χ4n) is 6.49. The number of hydrogen-bond acceptors (Lipinski definition) is 8. The SMILES string of the molecule is C=CC(=O)N1C[C@H](C)N(c2nc(=O)n3c4nc(c(F)cc24)-c2c(F)cccc2NCCNCCc2ccnc(C(C)C)c2-3)C[C@H]1C. The molecule has 1 amide bonds. The van der Waals surface area contributed by atoms with Crippen LogP contribution in [0.1, 0.15) is 44.9 Å². The van der Waals surface area contributed by atoms with E-state index in [1.807, 2.05) is 38.7 Å². The minimum absolute atomic E-state index is 0.0228. The van der Waals surface area contributed by atoms with Crippen molar-refractivity contribution in [1.29, 1.82) is 0 Å². The van der Waals surface area contributed by atoms with Gasteiger partial charge in [0.15, 0.2) is 11.5 Å². The Kier molecular flexibility index (Phi) is 8.56. The minimum Gasteiger partial charge on any atom is -0.383 e. The third-order valence-electron chi connectivity index (χ3n) is 8.76. The van der Waals surface area contributed by atoms with Crippen LogP contribution in [0.25, 0.3) is 28.0 Å². The number of benzene rings is 1. The van der Waals surface area contributed by atoms with Gasteiger partial charge in [-0.1, -0.05) is 26.5 Å². The van der Waals surface area contributed by atoms with Gasteiger partial charge in [0.25, 0.3) is 0 Å². The molecule has 240 valence electrons. The summed E-state index contributed by atoms with van der Waals surface area (Å²) in [5.74, 6) is -1.40. The lowest BCUT2D eigenvalue weighted by Crippen LogP contribution is -2.58. The average molecular weight is 629 g/mol. The summed E-state index contributed by atoms with van der Waals surface area (Å²) in [4.78, 5) is 44.5. The van der Waals surface area contributed by atoms with Gasteiger partial charge in [-0.2, -0.15) is 4.98 Å². The van der Waals surface area contributed by atoms with Gasteiger partial charge >= 0.3 is 5.69 Å². The third-order valence-corrected chi connectivity index (χ3v) is 8.76. The van der Waals surface area contributed by atoms with Crippen LogP contribution in [0.3, 0.4) is 0 Å². The van der Waals surface area contributed by atoms with E-state index in [1.54, 1.807) is 23.2 Å². The summed E-state index contributed by atoms with van der Waals surface area (Å²) in [7, 11) is 0. The molecule has 12 heteroatoms. The maximum Gasteiger partial charge on any atom is 0.355 e. The topological polar surface area (TPSA) is 108 Å². The van der Waals surface area contributed by atoms with E-state index in [4.69, 9.17) is 4.98 Å². The summed E-state index contributed by atoms with van der Waals surface area (Å²) >= 11 is 0. The Hall–Kier alpha value is -4.71. The highest BCUT2D eigenvalue weighted by molar-refractivity contribution is 5.92. The molecule has 10 nitrogen and oxygen atoms in total. The zero-order valence-corrected chi connectivity index (χ0v) is 26.5. The van der Waals surface area contributed by atoms with Crippen molar-refractivity contribution in [3.63, 3.8) is 0 Å². The number of nitrogens with one attached hydrogen (secondary N) is 2. The van der Waals surface area contributed by atoms with E-state index < -0.39 is 17.3 Å². The number of amides is 1. The molecule has 2 aliphatic rings. The fourth-order valence-corrected chi connectivity index (χ4v) is 6.49. The number of fused-ring (bicyclic) bond motifs is 5. The monoisotopic (exact) mass is 628 g/mol. The van der Waals surface area contributed by atoms with Crippen LogP contribution in [-0.2, 0) is 11.2 Å². The molecule has 2 N–H and O–H groups in total. The van der Waals surface area contributed by atoms with Crippen molar-refractivity contribution >= 4 is 28.4 Å². The van der Waals surface area contributed by atoms with Crippen LogP contribution in [0.4, 0.5) is 20.3 Å². The predicted octanol–water partition coefficient (Wildman–Crippen LogP) is 4.41. The lowest BCUT2D eigenvalue weighted by Gasteiger charge is -2.44. The third kappa shape index (κ3) is 5.51. The molecule has 1 aromatic carbocycles. The van der Waals surface area contributed by atoms with Crippen molar-refractivity contribution in [2.24, 2.45) is 0 Å². The summed E-state index contributed by atoms with van der Waals surface area (Å²) in [6.07, 6.45) is 3.60. The van der Waals surface area contributed by atoms with Crippen molar-refractivity contribution in [3.8, 4) is 16.9 Å². The molecule has 1 saturated heterocycles.